The van der Waals surface area contributed by atoms with Crippen molar-refractivity contribution >= 4 is 11.7 Å². The molecule has 0 aliphatic rings. The van der Waals surface area contributed by atoms with Crippen LogP contribution in [0.5, 0.6) is 0 Å². The molecule has 0 aromatic carbocycles. The second-order valence-corrected chi connectivity index (χ2v) is 6.90. The van der Waals surface area contributed by atoms with Crippen LogP contribution >= 0.6 is 0 Å². The number of aryl methyl sites for hydroxylation is 4. The van der Waals surface area contributed by atoms with Crippen molar-refractivity contribution < 1.29 is 4.79 Å². The minimum Gasteiger partial charge on any atom is -0.315 e. The number of hydrogen-bond donors (Lipinski definition) is 1. The van der Waals surface area contributed by atoms with Crippen LogP contribution in [0.2, 0.25) is 0 Å². The van der Waals surface area contributed by atoms with Crippen molar-refractivity contribution in [3.05, 3.63) is 45.0 Å². The van der Waals surface area contributed by atoms with Gasteiger partial charge in [-0.1, -0.05) is 20.8 Å². The van der Waals surface area contributed by atoms with Gasteiger partial charge in [0.25, 0.3) is 11.5 Å². The van der Waals surface area contributed by atoms with Gasteiger partial charge in [0.05, 0.1) is 5.69 Å². The fourth-order valence-electron chi connectivity index (χ4n) is 2.97. The number of amides is 1. The summed E-state index contributed by atoms with van der Waals surface area (Å²) in [6.07, 6.45) is 3.43. The highest BCUT2D eigenvalue weighted by Crippen LogP contribution is 2.20. The molecule has 0 aliphatic heterocycles. The molecule has 0 atom stereocenters. The first kappa shape index (κ1) is 19.0. The van der Waals surface area contributed by atoms with Gasteiger partial charge < -0.3 is 9.88 Å². The number of nitrogens with one attached hydrogen (secondary N) is 1. The van der Waals surface area contributed by atoms with Gasteiger partial charge in [-0.05, 0) is 44.2 Å². The number of hydrogen-bond acceptors (Lipinski definition) is 3. The van der Waals surface area contributed by atoms with Crippen molar-refractivity contribution in [2.75, 3.05) is 5.32 Å². The molecule has 0 saturated heterocycles. The lowest BCUT2D eigenvalue weighted by atomic mass is 10.1. The molecule has 0 aliphatic carbocycles. The Balaban J connectivity index is 2.37. The molecular weight excluding hydrogens is 316 g/mol. The smallest absolute Gasteiger partial charge is 0.263 e. The fourth-order valence-corrected chi connectivity index (χ4v) is 2.97. The van der Waals surface area contributed by atoms with Gasteiger partial charge in [0.1, 0.15) is 11.4 Å². The average Bonchev–Trinajstić information content (AvgIpc) is 2.79. The number of anilines is 1. The van der Waals surface area contributed by atoms with Crippen molar-refractivity contribution in [1.82, 2.24) is 14.3 Å². The molecule has 1 amide bonds. The SMILES string of the molecule is CCc1c(C)nn(C)c1NC(=O)c1c(C)ccn(CCC(C)C)c1=O. The summed E-state index contributed by atoms with van der Waals surface area (Å²) in [5, 5.41) is 7.25. The summed E-state index contributed by atoms with van der Waals surface area (Å²) in [5.41, 5.74) is 2.52. The van der Waals surface area contributed by atoms with Crippen LogP contribution in [0.4, 0.5) is 5.82 Å². The first-order valence-electron chi connectivity index (χ1n) is 8.80. The van der Waals surface area contributed by atoms with Crippen LogP contribution in [-0.4, -0.2) is 20.3 Å². The third kappa shape index (κ3) is 4.00. The molecule has 136 valence electrons. The van der Waals surface area contributed by atoms with Crippen LogP contribution in [0.3, 0.4) is 0 Å². The molecular formula is C19H28N4O2. The van der Waals surface area contributed by atoms with Crippen molar-refractivity contribution in [1.29, 1.82) is 0 Å². The summed E-state index contributed by atoms with van der Waals surface area (Å²) in [5.74, 6) is 0.774. The Labute approximate surface area is 148 Å². The van der Waals surface area contributed by atoms with E-state index in [-0.39, 0.29) is 17.0 Å². The van der Waals surface area contributed by atoms with Gasteiger partial charge in [0.2, 0.25) is 0 Å². The quantitative estimate of drug-likeness (QED) is 0.875. The van der Waals surface area contributed by atoms with E-state index in [2.05, 4.69) is 24.3 Å². The Morgan fingerprint density at radius 2 is 2.00 bits per heavy atom. The van der Waals surface area contributed by atoms with E-state index in [1.165, 1.54) is 0 Å². The number of rotatable bonds is 6. The molecule has 6 heteroatoms. The van der Waals surface area contributed by atoms with E-state index >= 15 is 0 Å². The molecule has 2 heterocycles. The van der Waals surface area contributed by atoms with Gasteiger partial charge in [0, 0.05) is 25.4 Å². The fraction of sp³-hybridized carbons (Fsp3) is 0.526. The molecule has 6 nitrogen and oxygen atoms in total. The maximum absolute atomic E-state index is 12.8. The maximum Gasteiger partial charge on any atom is 0.263 e. The van der Waals surface area contributed by atoms with Gasteiger partial charge in [0.15, 0.2) is 0 Å². The Kier molecular flexibility index (Phi) is 5.82. The molecule has 25 heavy (non-hydrogen) atoms. The lowest BCUT2D eigenvalue weighted by Crippen LogP contribution is -2.31. The van der Waals surface area contributed by atoms with Gasteiger partial charge in [-0.15, -0.1) is 0 Å². The lowest BCUT2D eigenvalue weighted by Gasteiger charge is -2.13. The summed E-state index contributed by atoms with van der Waals surface area (Å²) >= 11 is 0. The second-order valence-electron chi connectivity index (χ2n) is 6.90. The van der Waals surface area contributed by atoms with Crippen molar-refractivity contribution in [2.24, 2.45) is 13.0 Å². The van der Waals surface area contributed by atoms with E-state index in [1.807, 2.05) is 19.9 Å². The van der Waals surface area contributed by atoms with Crippen molar-refractivity contribution in [2.45, 2.75) is 54.0 Å². The lowest BCUT2D eigenvalue weighted by molar-refractivity contribution is 0.102. The summed E-state index contributed by atoms with van der Waals surface area (Å²) in [7, 11) is 1.79. The predicted molar refractivity (Wildman–Crippen MR) is 100 cm³/mol. The molecule has 0 bridgehead atoms. The normalized spacial score (nSPS) is 11.2. The number of carbonyl (C=O) groups is 1. The molecule has 0 unspecified atom stereocenters. The van der Waals surface area contributed by atoms with Gasteiger partial charge >= 0.3 is 0 Å². The molecule has 0 radical (unpaired) electrons. The van der Waals surface area contributed by atoms with E-state index < -0.39 is 0 Å². The summed E-state index contributed by atoms with van der Waals surface area (Å²) < 4.78 is 3.28. The van der Waals surface area contributed by atoms with Crippen molar-refractivity contribution in [3.63, 3.8) is 0 Å². The van der Waals surface area contributed by atoms with Crippen LogP contribution in [0.15, 0.2) is 17.1 Å². The zero-order valence-electron chi connectivity index (χ0n) is 16.0. The zero-order valence-corrected chi connectivity index (χ0v) is 16.0. The third-order valence-corrected chi connectivity index (χ3v) is 4.48. The number of pyridine rings is 1. The largest absolute Gasteiger partial charge is 0.315 e. The minimum atomic E-state index is -0.376. The molecule has 2 aromatic heterocycles. The number of aromatic nitrogens is 3. The summed E-state index contributed by atoms with van der Waals surface area (Å²) in [6, 6.07) is 1.83. The monoisotopic (exact) mass is 344 g/mol. The standard InChI is InChI=1S/C19H28N4O2/c1-7-15-14(5)21-22(6)17(15)20-18(24)16-13(4)9-11-23(19(16)25)10-8-12(2)3/h9,11-12H,7-8,10H2,1-6H3,(H,20,24). The minimum absolute atomic E-state index is 0.201. The topological polar surface area (TPSA) is 68.9 Å². The first-order valence-corrected chi connectivity index (χ1v) is 8.80. The third-order valence-electron chi connectivity index (χ3n) is 4.48. The molecule has 2 aromatic rings. The van der Waals surface area contributed by atoms with E-state index in [1.54, 1.807) is 29.4 Å². The van der Waals surface area contributed by atoms with Crippen LogP contribution in [0, 0.1) is 19.8 Å². The highest BCUT2D eigenvalue weighted by molar-refractivity contribution is 6.05. The van der Waals surface area contributed by atoms with E-state index in [0.29, 0.717) is 23.8 Å². The highest BCUT2D eigenvalue weighted by atomic mass is 16.2. The average molecular weight is 344 g/mol. The summed E-state index contributed by atoms with van der Waals surface area (Å²) in [4.78, 5) is 25.6. The summed E-state index contributed by atoms with van der Waals surface area (Å²) in [6.45, 7) is 10.6. The Bertz CT molecular complexity index is 831. The Morgan fingerprint density at radius 1 is 1.32 bits per heavy atom. The van der Waals surface area contributed by atoms with E-state index in [9.17, 15) is 9.59 Å². The molecule has 1 N–H and O–H groups in total. The predicted octanol–water partition coefficient (Wildman–Crippen LogP) is 3.06. The molecule has 2 rings (SSSR count). The first-order chi connectivity index (χ1) is 11.8. The number of carbonyl (C=O) groups excluding carboxylic acids is 1. The molecule has 0 saturated carbocycles. The van der Waals surface area contributed by atoms with Crippen molar-refractivity contribution in [3.8, 4) is 0 Å². The van der Waals surface area contributed by atoms with Crippen LogP contribution in [0.25, 0.3) is 0 Å². The Morgan fingerprint density at radius 3 is 2.60 bits per heavy atom. The van der Waals surface area contributed by atoms with Gasteiger partial charge in [-0.2, -0.15) is 5.10 Å². The number of nitrogens with zero attached hydrogens (tertiary/aromatic N) is 3. The molecule has 0 fully saturated rings. The van der Waals surface area contributed by atoms with Crippen LogP contribution in [0.1, 0.15) is 54.4 Å². The highest BCUT2D eigenvalue weighted by Gasteiger charge is 2.20. The zero-order chi connectivity index (χ0) is 18.7. The van der Waals surface area contributed by atoms with Gasteiger partial charge in [-0.25, -0.2) is 0 Å². The maximum atomic E-state index is 12.8. The van der Waals surface area contributed by atoms with Gasteiger partial charge in [-0.3, -0.25) is 14.3 Å². The van der Waals surface area contributed by atoms with E-state index in [0.717, 1.165) is 24.1 Å². The molecule has 0 spiro atoms. The Hall–Kier alpha value is -2.37. The van der Waals surface area contributed by atoms with E-state index in [4.69, 9.17) is 0 Å². The van der Waals surface area contributed by atoms with Crippen LogP contribution in [-0.2, 0) is 20.0 Å². The van der Waals surface area contributed by atoms with Crippen LogP contribution < -0.4 is 10.9 Å². The second kappa shape index (κ2) is 7.68.